The third kappa shape index (κ3) is 3.31. The van der Waals surface area contributed by atoms with Gasteiger partial charge < -0.3 is 10.4 Å². The first-order chi connectivity index (χ1) is 11.9. The Hall–Kier alpha value is -2.57. The molecule has 128 valence electrons. The van der Waals surface area contributed by atoms with E-state index in [0.29, 0.717) is 21.4 Å². The fourth-order valence-electron chi connectivity index (χ4n) is 2.58. The fourth-order valence-corrected chi connectivity index (χ4v) is 3.09. The summed E-state index contributed by atoms with van der Waals surface area (Å²) in [4.78, 5) is 36.8. The maximum atomic E-state index is 12.6. The monoisotopic (exact) mass is 378 g/mol. The number of nitrogens with zero attached hydrogens (tertiary/aromatic N) is 1. The van der Waals surface area contributed by atoms with Gasteiger partial charge in [0.15, 0.2) is 0 Å². The molecule has 0 spiro atoms. The highest BCUT2D eigenvalue weighted by Crippen LogP contribution is 2.33. The smallest absolute Gasteiger partial charge is 0.335 e. The summed E-state index contributed by atoms with van der Waals surface area (Å²) in [7, 11) is 0. The first kappa shape index (κ1) is 17.3. The molecule has 1 heterocycles. The zero-order valence-corrected chi connectivity index (χ0v) is 14.2. The number of hydrogen-bond donors (Lipinski definition) is 2. The van der Waals surface area contributed by atoms with Crippen molar-refractivity contribution in [1.82, 2.24) is 0 Å². The van der Waals surface area contributed by atoms with Crippen LogP contribution < -0.4 is 10.2 Å². The maximum absolute atomic E-state index is 12.6. The first-order valence-corrected chi connectivity index (χ1v) is 8.05. The first-order valence-electron chi connectivity index (χ1n) is 7.29. The number of carboxylic acids is 1. The van der Waals surface area contributed by atoms with Crippen molar-refractivity contribution in [3.8, 4) is 0 Å². The zero-order chi connectivity index (χ0) is 18.1. The number of halogens is 2. The summed E-state index contributed by atoms with van der Waals surface area (Å²) < 4.78 is 0. The van der Waals surface area contributed by atoms with Gasteiger partial charge in [-0.2, -0.15) is 0 Å². The van der Waals surface area contributed by atoms with Crippen LogP contribution in [0.1, 0.15) is 16.8 Å². The molecule has 8 heteroatoms. The summed E-state index contributed by atoms with van der Waals surface area (Å²) in [5.41, 5.74) is 0.773. The van der Waals surface area contributed by atoms with Crippen molar-refractivity contribution in [3.63, 3.8) is 0 Å². The Morgan fingerprint density at radius 1 is 1.08 bits per heavy atom. The van der Waals surface area contributed by atoms with E-state index in [-0.39, 0.29) is 12.0 Å². The highest BCUT2D eigenvalue weighted by Gasteiger charge is 2.40. The van der Waals surface area contributed by atoms with E-state index in [2.05, 4.69) is 5.32 Å². The largest absolute Gasteiger partial charge is 0.478 e. The van der Waals surface area contributed by atoms with Crippen molar-refractivity contribution >= 4 is 52.4 Å². The van der Waals surface area contributed by atoms with Crippen LogP contribution in [0, 0.1) is 0 Å². The van der Waals surface area contributed by atoms with Crippen molar-refractivity contribution in [2.24, 2.45) is 0 Å². The Bertz CT molecular complexity index is 847. The van der Waals surface area contributed by atoms with E-state index in [1.54, 1.807) is 18.2 Å². The van der Waals surface area contributed by atoms with Gasteiger partial charge in [0.25, 0.3) is 5.91 Å². The van der Waals surface area contributed by atoms with Crippen LogP contribution >= 0.6 is 23.2 Å². The van der Waals surface area contributed by atoms with E-state index < -0.39 is 23.8 Å². The summed E-state index contributed by atoms with van der Waals surface area (Å²) in [6.45, 7) is 0. The minimum Gasteiger partial charge on any atom is -0.478 e. The molecule has 3 rings (SSSR count). The minimum absolute atomic E-state index is 0.0545. The van der Waals surface area contributed by atoms with E-state index in [4.69, 9.17) is 28.3 Å². The number of carbonyl (C=O) groups is 3. The lowest BCUT2D eigenvalue weighted by Gasteiger charge is -2.17. The summed E-state index contributed by atoms with van der Waals surface area (Å²) in [6.07, 6.45) is -0.0545. The molecule has 2 aromatic rings. The molecule has 1 aliphatic heterocycles. The van der Waals surface area contributed by atoms with E-state index in [1.807, 2.05) is 0 Å². The molecule has 1 fully saturated rings. The third-order valence-corrected chi connectivity index (χ3v) is 4.43. The van der Waals surface area contributed by atoms with Gasteiger partial charge in [0, 0.05) is 0 Å². The molecule has 6 nitrogen and oxygen atoms in total. The Kier molecular flexibility index (Phi) is 4.65. The molecule has 0 saturated carbocycles. The van der Waals surface area contributed by atoms with Gasteiger partial charge in [-0.1, -0.05) is 29.3 Å². The van der Waals surface area contributed by atoms with Crippen LogP contribution in [-0.4, -0.2) is 28.9 Å². The Labute approximate surface area is 153 Å². The van der Waals surface area contributed by atoms with E-state index >= 15 is 0 Å². The highest BCUT2D eigenvalue weighted by molar-refractivity contribution is 6.39. The average molecular weight is 379 g/mol. The third-order valence-electron chi connectivity index (χ3n) is 3.80. The SMILES string of the molecule is O=C(O)c1ccc(N2C(=O)CC(Nc3c(Cl)cccc3Cl)C2=O)cc1. The molecule has 0 bridgehead atoms. The van der Waals surface area contributed by atoms with Crippen molar-refractivity contribution < 1.29 is 19.5 Å². The van der Waals surface area contributed by atoms with E-state index in [9.17, 15) is 14.4 Å². The molecule has 2 amide bonds. The second-order valence-corrected chi connectivity index (χ2v) is 6.23. The molecule has 25 heavy (non-hydrogen) atoms. The number of amides is 2. The van der Waals surface area contributed by atoms with Gasteiger partial charge in [-0.15, -0.1) is 0 Å². The van der Waals surface area contributed by atoms with Crippen LogP contribution in [0.5, 0.6) is 0 Å². The molecule has 1 aliphatic rings. The average Bonchev–Trinajstić information content (AvgIpc) is 2.85. The normalized spacial score (nSPS) is 17.0. The topological polar surface area (TPSA) is 86.7 Å². The molecule has 1 unspecified atom stereocenters. The molecule has 0 aromatic heterocycles. The molecule has 0 radical (unpaired) electrons. The molecule has 1 atom stereocenters. The molecular formula is C17H12Cl2N2O4. The van der Waals surface area contributed by atoms with Crippen LogP contribution in [0.25, 0.3) is 0 Å². The number of hydrogen-bond acceptors (Lipinski definition) is 4. The lowest BCUT2D eigenvalue weighted by atomic mass is 10.2. The molecule has 0 aliphatic carbocycles. The Morgan fingerprint density at radius 3 is 2.24 bits per heavy atom. The number of nitrogens with one attached hydrogen (secondary N) is 1. The number of para-hydroxylation sites is 1. The number of imide groups is 1. The Morgan fingerprint density at radius 2 is 1.68 bits per heavy atom. The fraction of sp³-hybridized carbons (Fsp3) is 0.118. The molecule has 2 aromatic carbocycles. The number of aromatic carboxylic acids is 1. The van der Waals surface area contributed by atoms with Crippen LogP contribution in [0.15, 0.2) is 42.5 Å². The van der Waals surface area contributed by atoms with Crippen LogP contribution in [-0.2, 0) is 9.59 Å². The molecular weight excluding hydrogens is 367 g/mol. The van der Waals surface area contributed by atoms with Crippen LogP contribution in [0.3, 0.4) is 0 Å². The van der Waals surface area contributed by atoms with E-state index in [1.165, 1.54) is 24.3 Å². The van der Waals surface area contributed by atoms with Gasteiger partial charge in [-0.25, -0.2) is 9.69 Å². The van der Waals surface area contributed by atoms with Gasteiger partial charge in [0.1, 0.15) is 6.04 Å². The summed E-state index contributed by atoms with van der Waals surface area (Å²) in [5, 5.41) is 12.5. The molecule has 2 N–H and O–H groups in total. The van der Waals surface area contributed by atoms with Crippen molar-refractivity contribution in [2.75, 3.05) is 10.2 Å². The Balaban J connectivity index is 1.84. The minimum atomic E-state index is -1.08. The predicted octanol–water partition coefficient (Wildman–Crippen LogP) is 3.44. The number of benzene rings is 2. The highest BCUT2D eigenvalue weighted by atomic mass is 35.5. The zero-order valence-electron chi connectivity index (χ0n) is 12.7. The second-order valence-electron chi connectivity index (χ2n) is 5.42. The number of anilines is 2. The van der Waals surface area contributed by atoms with Crippen LogP contribution in [0.2, 0.25) is 10.0 Å². The number of rotatable bonds is 4. The van der Waals surface area contributed by atoms with Crippen molar-refractivity contribution in [1.29, 1.82) is 0 Å². The van der Waals surface area contributed by atoms with E-state index in [0.717, 1.165) is 4.90 Å². The summed E-state index contributed by atoms with van der Waals surface area (Å²) >= 11 is 12.2. The molecule has 1 saturated heterocycles. The lowest BCUT2D eigenvalue weighted by Crippen LogP contribution is -2.34. The van der Waals surface area contributed by atoms with Gasteiger partial charge in [-0.3, -0.25) is 9.59 Å². The standard InChI is InChI=1S/C17H12Cl2N2O4/c18-11-2-1-3-12(19)15(11)20-13-8-14(22)21(16(13)23)10-6-4-9(5-7-10)17(24)25/h1-7,13,20H,8H2,(H,24,25). The van der Waals surface area contributed by atoms with Gasteiger partial charge in [0.2, 0.25) is 5.91 Å². The van der Waals surface area contributed by atoms with Crippen molar-refractivity contribution in [3.05, 3.63) is 58.1 Å². The summed E-state index contributed by atoms with van der Waals surface area (Å²) in [6, 6.07) is 9.64. The number of carbonyl (C=O) groups excluding carboxylic acids is 2. The second kappa shape index (κ2) is 6.74. The quantitative estimate of drug-likeness (QED) is 0.795. The predicted molar refractivity (Wildman–Crippen MR) is 94.4 cm³/mol. The maximum Gasteiger partial charge on any atom is 0.335 e. The summed E-state index contributed by atoms with van der Waals surface area (Å²) in [5.74, 6) is -1.93. The van der Waals surface area contributed by atoms with Crippen LogP contribution in [0.4, 0.5) is 11.4 Å². The van der Waals surface area contributed by atoms with Gasteiger partial charge in [0.05, 0.1) is 33.4 Å². The van der Waals surface area contributed by atoms with Crippen molar-refractivity contribution in [2.45, 2.75) is 12.5 Å². The van der Waals surface area contributed by atoms with Gasteiger partial charge >= 0.3 is 5.97 Å². The number of carboxylic acid groups (broad SMARTS) is 1. The lowest BCUT2D eigenvalue weighted by molar-refractivity contribution is -0.121. The van der Waals surface area contributed by atoms with Gasteiger partial charge in [-0.05, 0) is 36.4 Å².